The lowest BCUT2D eigenvalue weighted by Gasteiger charge is -2.27. The molecule has 1 aliphatic rings. The van der Waals surface area contributed by atoms with Crippen LogP contribution in [0.1, 0.15) is 44.3 Å². The molecule has 0 radical (unpaired) electrons. The quantitative estimate of drug-likeness (QED) is 0.538. The molecule has 0 bridgehead atoms. The maximum Gasteiger partial charge on any atom is 0.229 e. The van der Waals surface area contributed by atoms with Crippen LogP contribution in [0.2, 0.25) is 0 Å². The summed E-state index contributed by atoms with van der Waals surface area (Å²) in [6, 6.07) is 14.7. The summed E-state index contributed by atoms with van der Waals surface area (Å²) in [6.07, 6.45) is 3.41. The van der Waals surface area contributed by atoms with Crippen LogP contribution in [0, 0.1) is 5.41 Å². The Morgan fingerprint density at radius 3 is 2.66 bits per heavy atom. The van der Waals surface area contributed by atoms with Gasteiger partial charge in [0.15, 0.2) is 5.11 Å². The van der Waals surface area contributed by atoms with Gasteiger partial charge in [-0.1, -0.05) is 26.8 Å². The summed E-state index contributed by atoms with van der Waals surface area (Å²) in [5.74, 6) is 1.21. The van der Waals surface area contributed by atoms with Crippen LogP contribution in [0.3, 0.4) is 0 Å². The number of benzene rings is 1. The minimum absolute atomic E-state index is 0.0920. The molecule has 2 N–H and O–H groups in total. The van der Waals surface area contributed by atoms with Crippen molar-refractivity contribution in [2.45, 2.75) is 32.9 Å². The number of ether oxygens (including phenoxy) is 1. The molecule has 1 amide bonds. The van der Waals surface area contributed by atoms with E-state index in [1.807, 2.05) is 74.2 Å². The minimum atomic E-state index is -0.523. The predicted octanol–water partition coefficient (Wildman–Crippen LogP) is 4.84. The first-order chi connectivity index (χ1) is 15.3. The van der Waals surface area contributed by atoms with Crippen molar-refractivity contribution < 1.29 is 13.9 Å². The Morgan fingerprint density at radius 2 is 2.03 bits per heavy atom. The maximum atomic E-state index is 12.5. The number of aromatic nitrogens is 1. The molecule has 1 saturated heterocycles. The molecule has 1 aliphatic heterocycles. The lowest BCUT2D eigenvalue weighted by Crippen LogP contribution is -2.29. The van der Waals surface area contributed by atoms with Crippen molar-refractivity contribution in [3.05, 3.63) is 72.4 Å². The highest BCUT2D eigenvalue weighted by atomic mass is 32.1. The van der Waals surface area contributed by atoms with Crippen LogP contribution >= 0.6 is 12.2 Å². The fourth-order valence-electron chi connectivity index (χ4n) is 3.62. The highest BCUT2D eigenvalue weighted by molar-refractivity contribution is 7.80. The number of anilines is 2. The fraction of sp³-hybridized carbons (Fsp3) is 0.292. The van der Waals surface area contributed by atoms with Crippen molar-refractivity contribution in [3.63, 3.8) is 0 Å². The number of furan rings is 1. The summed E-state index contributed by atoms with van der Waals surface area (Å²) in [5.41, 5.74) is 1.75. The van der Waals surface area contributed by atoms with E-state index in [1.165, 1.54) is 0 Å². The van der Waals surface area contributed by atoms with Crippen LogP contribution in [0.4, 0.5) is 11.4 Å². The van der Waals surface area contributed by atoms with Gasteiger partial charge in [-0.2, -0.15) is 0 Å². The number of nitrogens with one attached hydrogen (secondary N) is 2. The van der Waals surface area contributed by atoms with Crippen molar-refractivity contribution >= 4 is 34.6 Å². The van der Waals surface area contributed by atoms with Crippen LogP contribution in [-0.2, 0) is 4.79 Å². The molecule has 7 nitrogen and oxygen atoms in total. The Hall–Kier alpha value is -3.39. The van der Waals surface area contributed by atoms with Gasteiger partial charge in [-0.3, -0.25) is 9.78 Å². The molecule has 1 fully saturated rings. The summed E-state index contributed by atoms with van der Waals surface area (Å²) in [7, 11) is 1.58. The first-order valence-electron chi connectivity index (χ1n) is 10.3. The van der Waals surface area contributed by atoms with Crippen molar-refractivity contribution in [1.29, 1.82) is 0 Å². The van der Waals surface area contributed by atoms with Crippen LogP contribution in [0.5, 0.6) is 5.75 Å². The minimum Gasteiger partial charge on any atom is -0.494 e. The van der Waals surface area contributed by atoms with E-state index < -0.39 is 5.41 Å². The van der Waals surface area contributed by atoms with E-state index in [4.69, 9.17) is 21.4 Å². The van der Waals surface area contributed by atoms with Gasteiger partial charge in [0.25, 0.3) is 0 Å². The Labute approximate surface area is 192 Å². The molecule has 32 heavy (non-hydrogen) atoms. The van der Waals surface area contributed by atoms with Gasteiger partial charge in [0.2, 0.25) is 5.91 Å². The van der Waals surface area contributed by atoms with Gasteiger partial charge in [0.1, 0.15) is 17.6 Å². The molecule has 3 aromatic rings. The number of amides is 1. The number of methoxy groups -OCH3 is 1. The zero-order valence-corrected chi connectivity index (χ0v) is 19.3. The lowest BCUT2D eigenvalue weighted by atomic mass is 9.95. The molecule has 0 saturated carbocycles. The Morgan fingerprint density at radius 1 is 1.22 bits per heavy atom. The average molecular weight is 451 g/mol. The molecular weight excluding hydrogens is 424 g/mol. The monoisotopic (exact) mass is 450 g/mol. The third-order valence-corrected chi connectivity index (χ3v) is 5.64. The molecule has 3 heterocycles. The third kappa shape index (κ3) is 4.18. The van der Waals surface area contributed by atoms with Gasteiger partial charge in [0.05, 0.1) is 30.8 Å². The number of carbonyl (C=O) groups excluding carboxylic acids is 1. The Balaban J connectivity index is 1.72. The fourth-order valence-corrected chi connectivity index (χ4v) is 3.97. The summed E-state index contributed by atoms with van der Waals surface area (Å²) in [6.45, 7) is 5.59. The number of rotatable bonds is 5. The van der Waals surface area contributed by atoms with Gasteiger partial charge < -0.3 is 24.7 Å². The number of thiocarbonyl (C=S) groups is 1. The summed E-state index contributed by atoms with van der Waals surface area (Å²) >= 11 is 5.72. The second kappa shape index (κ2) is 8.63. The van der Waals surface area contributed by atoms with E-state index in [9.17, 15) is 4.79 Å². The Bertz CT molecular complexity index is 1110. The molecular formula is C24H26N4O3S. The number of nitrogens with zero attached hydrogens (tertiary/aromatic N) is 2. The van der Waals surface area contributed by atoms with Crippen LogP contribution in [0.15, 0.2) is 65.4 Å². The zero-order valence-electron chi connectivity index (χ0n) is 18.5. The second-order valence-electron chi connectivity index (χ2n) is 8.60. The lowest BCUT2D eigenvalue weighted by molar-refractivity contribution is -0.123. The van der Waals surface area contributed by atoms with E-state index in [0.717, 1.165) is 17.1 Å². The second-order valence-corrected chi connectivity index (χ2v) is 8.99. The predicted molar refractivity (Wildman–Crippen MR) is 128 cm³/mol. The van der Waals surface area contributed by atoms with Crippen LogP contribution in [-0.4, -0.2) is 23.1 Å². The molecule has 1 aromatic carbocycles. The average Bonchev–Trinajstić information content (AvgIpc) is 3.41. The van der Waals surface area contributed by atoms with Gasteiger partial charge in [0, 0.05) is 23.4 Å². The summed E-state index contributed by atoms with van der Waals surface area (Å²) in [4.78, 5) is 19.0. The van der Waals surface area contributed by atoms with E-state index >= 15 is 0 Å². The van der Waals surface area contributed by atoms with Crippen molar-refractivity contribution in [2.24, 2.45) is 5.41 Å². The first-order valence-corrected chi connectivity index (χ1v) is 10.7. The van der Waals surface area contributed by atoms with E-state index in [0.29, 0.717) is 16.5 Å². The highest BCUT2D eigenvalue weighted by Crippen LogP contribution is 2.43. The normalized spacial score (nSPS) is 18.4. The van der Waals surface area contributed by atoms with Gasteiger partial charge >= 0.3 is 0 Å². The summed E-state index contributed by atoms with van der Waals surface area (Å²) in [5, 5.41) is 6.88. The topological polar surface area (TPSA) is 79.6 Å². The molecule has 0 aliphatic carbocycles. The molecule has 2 aromatic heterocycles. The molecule has 0 unspecified atom stereocenters. The SMILES string of the molecule is COc1cc(N2C(=S)N[C@H](c3ccccn3)[C@@H]2c2ccco2)ccc1NC(=O)C(C)(C)C. The number of hydrogen-bond acceptors (Lipinski definition) is 5. The Kier molecular flexibility index (Phi) is 5.88. The van der Waals surface area contributed by atoms with Crippen LogP contribution in [0.25, 0.3) is 0 Å². The maximum absolute atomic E-state index is 12.5. The third-order valence-electron chi connectivity index (χ3n) is 5.33. The van der Waals surface area contributed by atoms with Crippen LogP contribution < -0.4 is 20.3 Å². The highest BCUT2D eigenvalue weighted by Gasteiger charge is 2.42. The molecule has 0 spiro atoms. The summed E-state index contributed by atoms with van der Waals surface area (Å²) < 4.78 is 11.4. The molecule has 166 valence electrons. The smallest absolute Gasteiger partial charge is 0.229 e. The van der Waals surface area contributed by atoms with Crippen molar-refractivity contribution in [2.75, 3.05) is 17.3 Å². The van der Waals surface area contributed by atoms with E-state index in [2.05, 4.69) is 15.6 Å². The van der Waals surface area contributed by atoms with Gasteiger partial charge in [-0.05, 0) is 48.6 Å². The number of hydrogen-bond donors (Lipinski definition) is 2. The van der Waals surface area contributed by atoms with Gasteiger partial charge in [-0.25, -0.2) is 0 Å². The molecule has 4 rings (SSSR count). The molecule has 2 atom stereocenters. The number of pyridine rings is 1. The van der Waals surface area contributed by atoms with E-state index in [-0.39, 0.29) is 18.0 Å². The van der Waals surface area contributed by atoms with E-state index in [1.54, 1.807) is 19.6 Å². The zero-order chi connectivity index (χ0) is 22.9. The number of carbonyl (C=O) groups is 1. The molecule has 8 heteroatoms. The van der Waals surface area contributed by atoms with Crippen molar-refractivity contribution in [1.82, 2.24) is 10.3 Å². The first kappa shape index (κ1) is 21.8. The van der Waals surface area contributed by atoms with Gasteiger partial charge in [-0.15, -0.1) is 0 Å². The van der Waals surface area contributed by atoms with Crippen molar-refractivity contribution in [3.8, 4) is 5.75 Å². The largest absolute Gasteiger partial charge is 0.494 e. The standard InChI is InChI=1S/C24H26N4O3S/c1-24(2,3)22(29)26-16-11-10-15(14-19(16)30-4)28-21(18-9-7-13-31-18)20(27-23(28)32)17-8-5-6-12-25-17/h5-14,20-21H,1-4H3,(H,26,29)(H,27,32)/t20-,21+/m1/s1.